The molecule has 1 aliphatic heterocycles. The van der Waals surface area contributed by atoms with Crippen molar-refractivity contribution in [3.05, 3.63) is 60.2 Å². The van der Waals surface area contributed by atoms with Crippen LogP contribution in [0.25, 0.3) is 11.1 Å². The van der Waals surface area contributed by atoms with E-state index in [1.165, 1.54) is 18.4 Å². The normalized spacial score (nSPS) is 21.1. The van der Waals surface area contributed by atoms with Crippen LogP contribution in [0.15, 0.2) is 54.6 Å². The Hall–Kier alpha value is -2.62. The highest BCUT2D eigenvalue weighted by Crippen LogP contribution is 2.30. The predicted octanol–water partition coefficient (Wildman–Crippen LogP) is 4.32. The number of nitrogens with one attached hydrogen (secondary N) is 1. The third-order valence-electron chi connectivity index (χ3n) is 6.17. The first-order valence-electron chi connectivity index (χ1n) is 10.4. The number of likely N-dealkylation sites (tertiary alicyclic amines) is 1. The number of hydrogen-bond donors (Lipinski definition) is 1. The van der Waals surface area contributed by atoms with Crippen LogP contribution in [0.2, 0.25) is 0 Å². The Morgan fingerprint density at radius 3 is 2.32 bits per heavy atom. The second-order valence-electron chi connectivity index (χ2n) is 8.10. The highest BCUT2D eigenvalue weighted by Gasteiger charge is 2.38. The molecule has 0 spiro atoms. The minimum Gasteiger partial charge on any atom is -0.349 e. The van der Waals surface area contributed by atoms with Crippen LogP contribution in [0, 0.1) is 5.92 Å². The molecule has 0 bridgehead atoms. The summed E-state index contributed by atoms with van der Waals surface area (Å²) in [6.45, 7) is 2.58. The average Bonchev–Trinajstić information content (AvgIpc) is 3.38. The summed E-state index contributed by atoms with van der Waals surface area (Å²) in [7, 11) is 0. The molecule has 2 atom stereocenters. The number of benzene rings is 2. The highest BCUT2D eigenvalue weighted by molar-refractivity contribution is 5.89. The van der Waals surface area contributed by atoms with Crippen LogP contribution >= 0.6 is 0 Å². The molecule has 4 nitrogen and oxygen atoms in total. The molecule has 2 aromatic carbocycles. The monoisotopic (exact) mass is 376 g/mol. The third-order valence-corrected chi connectivity index (χ3v) is 6.17. The SMILES string of the molecule is C[C@@H](NC(=O)[C@@H]1CC(=O)N(C2CCCC2)C1)c1ccc(-c2ccccc2)cc1. The van der Waals surface area contributed by atoms with Crippen LogP contribution in [0.5, 0.6) is 0 Å². The van der Waals surface area contributed by atoms with E-state index in [0.717, 1.165) is 24.0 Å². The smallest absolute Gasteiger partial charge is 0.225 e. The van der Waals surface area contributed by atoms with E-state index in [1.54, 1.807) is 0 Å². The Morgan fingerprint density at radius 2 is 1.64 bits per heavy atom. The minimum atomic E-state index is -0.223. The topological polar surface area (TPSA) is 49.4 Å². The Labute approximate surface area is 166 Å². The molecule has 28 heavy (non-hydrogen) atoms. The molecule has 0 radical (unpaired) electrons. The van der Waals surface area contributed by atoms with Gasteiger partial charge in [0.1, 0.15) is 0 Å². The maximum absolute atomic E-state index is 12.7. The van der Waals surface area contributed by atoms with Crippen molar-refractivity contribution in [1.29, 1.82) is 0 Å². The van der Waals surface area contributed by atoms with Gasteiger partial charge in [-0.05, 0) is 36.5 Å². The molecule has 1 saturated heterocycles. The molecule has 2 aromatic rings. The van der Waals surface area contributed by atoms with Crippen molar-refractivity contribution in [2.75, 3.05) is 6.54 Å². The molecule has 1 saturated carbocycles. The van der Waals surface area contributed by atoms with Crippen molar-refractivity contribution in [3.8, 4) is 11.1 Å². The molecular formula is C24H28N2O2. The lowest BCUT2D eigenvalue weighted by atomic mass is 10.0. The molecular weight excluding hydrogens is 348 g/mol. The number of rotatable bonds is 5. The summed E-state index contributed by atoms with van der Waals surface area (Å²) >= 11 is 0. The molecule has 2 aliphatic rings. The molecule has 2 amide bonds. The second kappa shape index (κ2) is 8.17. The summed E-state index contributed by atoms with van der Waals surface area (Å²) in [6.07, 6.45) is 4.92. The summed E-state index contributed by atoms with van der Waals surface area (Å²) in [6, 6.07) is 18.9. The van der Waals surface area contributed by atoms with Crippen LogP contribution in [0.4, 0.5) is 0 Å². The van der Waals surface area contributed by atoms with Gasteiger partial charge < -0.3 is 10.2 Å². The van der Waals surface area contributed by atoms with E-state index < -0.39 is 0 Å². The Bertz CT molecular complexity index is 825. The lowest BCUT2D eigenvalue weighted by Crippen LogP contribution is -2.37. The van der Waals surface area contributed by atoms with E-state index in [1.807, 2.05) is 30.0 Å². The van der Waals surface area contributed by atoms with Gasteiger partial charge >= 0.3 is 0 Å². The second-order valence-corrected chi connectivity index (χ2v) is 8.10. The van der Waals surface area contributed by atoms with Gasteiger partial charge in [0.2, 0.25) is 11.8 Å². The lowest BCUT2D eigenvalue weighted by Gasteiger charge is -2.24. The van der Waals surface area contributed by atoms with Gasteiger partial charge in [-0.15, -0.1) is 0 Å². The highest BCUT2D eigenvalue weighted by atomic mass is 16.2. The van der Waals surface area contributed by atoms with Crippen molar-refractivity contribution in [3.63, 3.8) is 0 Å². The Balaban J connectivity index is 1.36. The first kappa shape index (κ1) is 18.7. The lowest BCUT2D eigenvalue weighted by molar-refractivity contribution is -0.130. The number of nitrogens with zero attached hydrogens (tertiary/aromatic N) is 1. The van der Waals surface area contributed by atoms with Crippen LogP contribution in [-0.2, 0) is 9.59 Å². The zero-order chi connectivity index (χ0) is 19.5. The maximum Gasteiger partial charge on any atom is 0.225 e. The number of amides is 2. The Morgan fingerprint density at radius 1 is 1.00 bits per heavy atom. The molecule has 146 valence electrons. The quantitative estimate of drug-likeness (QED) is 0.845. The maximum atomic E-state index is 12.7. The fraction of sp³-hybridized carbons (Fsp3) is 0.417. The first-order chi connectivity index (χ1) is 13.6. The van der Waals surface area contributed by atoms with E-state index in [9.17, 15) is 9.59 Å². The van der Waals surface area contributed by atoms with E-state index in [-0.39, 0.29) is 23.8 Å². The largest absolute Gasteiger partial charge is 0.349 e. The number of carbonyl (C=O) groups excluding carboxylic acids is 2. The summed E-state index contributed by atoms with van der Waals surface area (Å²) < 4.78 is 0. The Kier molecular flexibility index (Phi) is 5.47. The zero-order valence-corrected chi connectivity index (χ0v) is 16.4. The fourth-order valence-corrected chi connectivity index (χ4v) is 4.49. The van der Waals surface area contributed by atoms with Crippen LogP contribution in [0.1, 0.15) is 50.6 Å². The van der Waals surface area contributed by atoms with Gasteiger partial charge in [0.15, 0.2) is 0 Å². The van der Waals surface area contributed by atoms with Crippen molar-refractivity contribution < 1.29 is 9.59 Å². The van der Waals surface area contributed by atoms with Crippen LogP contribution in [0.3, 0.4) is 0 Å². The van der Waals surface area contributed by atoms with Gasteiger partial charge in [0.05, 0.1) is 12.0 Å². The summed E-state index contributed by atoms with van der Waals surface area (Å²) in [5, 5.41) is 3.11. The van der Waals surface area contributed by atoms with Gasteiger partial charge in [0, 0.05) is 19.0 Å². The van der Waals surface area contributed by atoms with Crippen molar-refractivity contribution in [1.82, 2.24) is 10.2 Å². The van der Waals surface area contributed by atoms with Gasteiger partial charge in [-0.25, -0.2) is 0 Å². The third kappa shape index (κ3) is 3.96. The molecule has 2 fully saturated rings. The van der Waals surface area contributed by atoms with Gasteiger partial charge in [-0.3, -0.25) is 9.59 Å². The first-order valence-corrected chi connectivity index (χ1v) is 10.4. The summed E-state index contributed by atoms with van der Waals surface area (Å²) in [4.78, 5) is 27.0. The van der Waals surface area contributed by atoms with Crippen molar-refractivity contribution in [2.45, 2.75) is 51.1 Å². The van der Waals surface area contributed by atoms with Gasteiger partial charge in [0.25, 0.3) is 0 Å². The van der Waals surface area contributed by atoms with Crippen LogP contribution < -0.4 is 5.32 Å². The zero-order valence-electron chi connectivity index (χ0n) is 16.4. The molecule has 1 heterocycles. The van der Waals surface area contributed by atoms with E-state index >= 15 is 0 Å². The van der Waals surface area contributed by atoms with E-state index in [4.69, 9.17) is 0 Å². The molecule has 0 unspecified atom stereocenters. The van der Waals surface area contributed by atoms with Crippen molar-refractivity contribution >= 4 is 11.8 Å². The number of carbonyl (C=O) groups is 2. The molecule has 4 heteroatoms. The van der Waals surface area contributed by atoms with Gasteiger partial charge in [-0.1, -0.05) is 67.4 Å². The minimum absolute atomic E-state index is 0.00603. The molecule has 4 rings (SSSR count). The van der Waals surface area contributed by atoms with Crippen molar-refractivity contribution in [2.24, 2.45) is 5.92 Å². The average molecular weight is 376 g/mol. The molecule has 0 aromatic heterocycles. The van der Waals surface area contributed by atoms with E-state index in [0.29, 0.717) is 19.0 Å². The fourth-order valence-electron chi connectivity index (χ4n) is 4.49. The predicted molar refractivity (Wildman–Crippen MR) is 111 cm³/mol. The molecule has 1 aliphatic carbocycles. The van der Waals surface area contributed by atoms with Gasteiger partial charge in [-0.2, -0.15) is 0 Å². The van der Waals surface area contributed by atoms with Crippen LogP contribution in [-0.4, -0.2) is 29.3 Å². The summed E-state index contributed by atoms with van der Waals surface area (Å²) in [5.41, 5.74) is 3.42. The summed E-state index contributed by atoms with van der Waals surface area (Å²) in [5.74, 6) is -0.0838. The number of hydrogen-bond acceptors (Lipinski definition) is 2. The van der Waals surface area contributed by atoms with E-state index in [2.05, 4.69) is 41.7 Å². The molecule has 1 N–H and O–H groups in total. The standard InChI is InChI=1S/C24H28N2O2/c1-17(18-11-13-20(14-12-18)19-7-3-2-4-8-19)25-24(28)21-15-23(27)26(16-21)22-9-5-6-10-22/h2-4,7-8,11-14,17,21-22H,5-6,9-10,15-16H2,1H3,(H,25,28)/t17-,21-/m1/s1.